The Morgan fingerprint density at radius 3 is 2.34 bits per heavy atom. The molecule has 3 rings (SSSR count). The van der Waals surface area contributed by atoms with Crippen LogP contribution in [0.2, 0.25) is 0 Å². The molecular formula is C28H36FN5O4. The average molecular weight is 526 g/mol. The van der Waals surface area contributed by atoms with Gasteiger partial charge in [0.25, 0.3) is 5.91 Å². The Balaban J connectivity index is 1.77. The zero-order valence-corrected chi connectivity index (χ0v) is 22.4. The summed E-state index contributed by atoms with van der Waals surface area (Å²) in [7, 11) is 1.70. The number of primary amides is 1. The minimum absolute atomic E-state index is 0.112. The summed E-state index contributed by atoms with van der Waals surface area (Å²) in [5, 5.41) is 2.72. The third kappa shape index (κ3) is 6.87. The Kier molecular flexibility index (Phi) is 9.44. The molecule has 1 aliphatic rings. The van der Waals surface area contributed by atoms with Gasteiger partial charge in [0.15, 0.2) is 0 Å². The van der Waals surface area contributed by atoms with Crippen molar-refractivity contribution in [3.8, 4) is 0 Å². The number of hydrogen-bond donors (Lipinski definition) is 2. The molecule has 204 valence electrons. The summed E-state index contributed by atoms with van der Waals surface area (Å²) in [4.78, 5) is 55.9. The van der Waals surface area contributed by atoms with Crippen LogP contribution in [0.15, 0.2) is 42.5 Å². The van der Waals surface area contributed by atoms with E-state index < -0.39 is 23.7 Å². The molecular weight excluding hydrogens is 489 g/mol. The molecule has 0 radical (unpaired) electrons. The molecule has 0 spiro atoms. The first-order chi connectivity index (χ1) is 18.0. The molecule has 38 heavy (non-hydrogen) atoms. The van der Waals surface area contributed by atoms with E-state index in [0.29, 0.717) is 37.3 Å². The second-order valence-electron chi connectivity index (χ2n) is 9.97. The van der Waals surface area contributed by atoms with E-state index in [4.69, 9.17) is 5.73 Å². The highest BCUT2D eigenvalue weighted by Gasteiger charge is 2.31. The van der Waals surface area contributed by atoms with Gasteiger partial charge in [0.05, 0.1) is 12.2 Å². The van der Waals surface area contributed by atoms with E-state index >= 15 is 0 Å². The van der Waals surface area contributed by atoms with Crippen molar-refractivity contribution in [1.29, 1.82) is 0 Å². The highest BCUT2D eigenvalue weighted by molar-refractivity contribution is 5.98. The Morgan fingerprint density at radius 1 is 1.03 bits per heavy atom. The van der Waals surface area contributed by atoms with Crippen LogP contribution in [0.25, 0.3) is 0 Å². The van der Waals surface area contributed by atoms with Crippen molar-refractivity contribution in [1.82, 2.24) is 15.1 Å². The SMILES string of the molecule is Cc1cccc(C(=O)N[C@@H](C(=O)N2CCCN(c3ccc(C(N)=O)cc3)CN(C)C(=O)CC2)C(C)C)c1F. The van der Waals surface area contributed by atoms with Crippen molar-refractivity contribution in [2.75, 3.05) is 38.3 Å². The number of carbonyl (C=O) groups excluding carboxylic acids is 4. The fourth-order valence-electron chi connectivity index (χ4n) is 4.41. The number of halogens is 1. The highest BCUT2D eigenvalue weighted by Crippen LogP contribution is 2.19. The maximum atomic E-state index is 14.5. The molecule has 1 aliphatic heterocycles. The van der Waals surface area contributed by atoms with E-state index in [-0.39, 0.29) is 36.3 Å². The Labute approximate surface area is 222 Å². The smallest absolute Gasteiger partial charge is 0.254 e. The number of amides is 4. The van der Waals surface area contributed by atoms with Gasteiger partial charge in [-0.25, -0.2) is 4.39 Å². The normalized spacial score (nSPS) is 15.8. The molecule has 0 bridgehead atoms. The second-order valence-corrected chi connectivity index (χ2v) is 9.97. The number of benzene rings is 2. The molecule has 3 N–H and O–H groups in total. The lowest BCUT2D eigenvalue weighted by atomic mass is 10.0. The van der Waals surface area contributed by atoms with Crippen LogP contribution in [0.5, 0.6) is 0 Å². The Bertz CT molecular complexity index is 1180. The molecule has 1 heterocycles. The lowest BCUT2D eigenvalue weighted by molar-refractivity contribution is -0.136. The standard InChI is InChI=1S/C28H36FN5O4/c1-18(2)25(31-27(37)22-8-5-7-19(3)24(22)29)28(38)33-14-6-15-34(17-32(4)23(35)13-16-33)21-11-9-20(10-12-21)26(30)36/h5,7-12,18,25H,6,13-17H2,1-4H3,(H2,30,36)(H,31,37)/t25-/m1/s1. The van der Waals surface area contributed by atoms with E-state index in [1.54, 1.807) is 60.2 Å². The Hall–Kier alpha value is -3.95. The number of aryl methyl sites for hydroxylation is 1. The lowest BCUT2D eigenvalue weighted by Gasteiger charge is -2.35. The van der Waals surface area contributed by atoms with Gasteiger partial charge in [0, 0.05) is 44.4 Å². The van der Waals surface area contributed by atoms with Crippen molar-refractivity contribution in [2.24, 2.45) is 11.7 Å². The summed E-state index contributed by atoms with van der Waals surface area (Å²) in [6.45, 7) is 6.70. The van der Waals surface area contributed by atoms with Gasteiger partial charge in [-0.15, -0.1) is 0 Å². The van der Waals surface area contributed by atoms with Crippen LogP contribution in [0, 0.1) is 18.7 Å². The lowest BCUT2D eigenvalue weighted by Crippen LogP contribution is -2.53. The minimum Gasteiger partial charge on any atom is -0.366 e. The summed E-state index contributed by atoms with van der Waals surface area (Å²) in [6.07, 6.45) is 0.735. The van der Waals surface area contributed by atoms with E-state index in [0.717, 1.165) is 5.69 Å². The number of hydrogen-bond acceptors (Lipinski definition) is 5. The monoisotopic (exact) mass is 525 g/mol. The Morgan fingerprint density at radius 2 is 1.71 bits per heavy atom. The van der Waals surface area contributed by atoms with Gasteiger partial charge < -0.3 is 25.8 Å². The fourth-order valence-corrected chi connectivity index (χ4v) is 4.41. The molecule has 1 saturated heterocycles. The van der Waals surface area contributed by atoms with Crippen LogP contribution >= 0.6 is 0 Å². The van der Waals surface area contributed by atoms with E-state index in [9.17, 15) is 23.6 Å². The largest absolute Gasteiger partial charge is 0.366 e. The molecule has 4 amide bonds. The number of nitrogens with one attached hydrogen (secondary N) is 1. The molecule has 1 fully saturated rings. The van der Waals surface area contributed by atoms with E-state index in [1.807, 2.05) is 18.7 Å². The van der Waals surface area contributed by atoms with Crippen LogP contribution in [-0.2, 0) is 9.59 Å². The van der Waals surface area contributed by atoms with Gasteiger partial charge in [-0.1, -0.05) is 26.0 Å². The second kappa shape index (κ2) is 12.5. The molecule has 0 saturated carbocycles. The number of nitrogens with two attached hydrogens (primary N) is 1. The number of rotatable bonds is 6. The summed E-state index contributed by atoms with van der Waals surface area (Å²) >= 11 is 0. The van der Waals surface area contributed by atoms with E-state index in [2.05, 4.69) is 5.32 Å². The van der Waals surface area contributed by atoms with Gasteiger partial charge in [0.1, 0.15) is 11.9 Å². The van der Waals surface area contributed by atoms with Crippen molar-refractivity contribution in [2.45, 2.75) is 39.7 Å². The average Bonchev–Trinajstić information content (AvgIpc) is 2.88. The highest BCUT2D eigenvalue weighted by atomic mass is 19.1. The van der Waals surface area contributed by atoms with Crippen LogP contribution < -0.4 is 16.0 Å². The summed E-state index contributed by atoms with van der Waals surface area (Å²) in [5.74, 6) is -2.48. The molecule has 2 aromatic rings. The van der Waals surface area contributed by atoms with Gasteiger partial charge in [-0.05, 0) is 55.2 Å². The zero-order valence-electron chi connectivity index (χ0n) is 22.4. The van der Waals surface area contributed by atoms with Crippen molar-refractivity contribution in [3.63, 3.8) is 0 Å². The van der Waals surface area contributed by atoms with Gasteiger partial charge >= 0.3 is 0 Å². The van der Waals surface area contributed by atoms with Gasteiger partial charge in [-0.3, -0.25) is 19.2 Å². The van der Waals surface area contributed by atoms with Crippen LogP contribution in [-0.4, -0.2) is 72.8 Å². The van der Waals surface area contributed by atoms with Crippen molar-refractivity contribution < 1.29 is 23.6 Å². The first kappa shape index (κ1) is 28.6. The van der Waals surface area contributed by atoms with Crippen molar-refractivity contribution >= 4 is 29.3 Å². The van der Waals surface area contributed by atoms with Crippen LogP contribution in [0.3, 0.4) is 0 Å². The predicted octanol–water partition coefficient (Wildman–Crippen LogP) is 2.53. The molecule has 9 nitrogen and oxygen atoms in total. The summed E-state index contributed by atoms with van der Waals surface area (Å²) in [5.41, 5.74) is 6.79. The number of nitrogens with zero attached hydrogens (tertiary/aromatic N) is 3. The molecule has 1 atom stereocenters. The van der Waals surface area contributed by atoms with Crippen LogP contribution in [0.1, 0.15) is 53.0 Å². The maximum absolute atomic E-state index is 14.5. The third-order valence-corrected chi connectivity index (χ3v) is 6.74. The first-order valence-corrected chi connectivity index (χ1v) is 12.7. The third-order valence-electron chi connectivity index (χ3n) is 6.74. The molecule has 2 aromatic carbocycles. The fraction of sp³-hybridized carbons (Fsp3) is 0.429. The predicted molar refractivity (Wildman–Crippen MR) is 143 cm³/mol. The minimum atomic E-state index is -0.879. The molecule has 0 aliphatic carbocycles. The maximum Gasteiger partial charge on any atom is 0.254 e. The quantitative estimate of drug-likeness (QED) is 0.601. The topological polar surface area (TPSA) is 116 Å². The first-order valence-electron chi connectivity index (χ1n) is 12.7. The summed E-state index contributed by atoms with van der Waals surface area (Å²) < 4.78 is 14.5. The van der Waals surface area contributed by atoms with Gasteiger partial charge in [-0.2, -0.15) is 0 Å². The van der Waals surface area contributed by atoms with Crippen molar-refractivity contribution in [3.05, 3.63) is 65.0 Å². The number of carbonyl (C=O) groups is 4. The van der Waals surface area contributed by atoms with Gasteiger partial charge in [0.2, 0.25) is 17.7 Å². The zero-order chi connectivity index (χ0) is 28.0. The van der Waals surface area contributed by atoms with Crippen LogP contribution in [0.4, 0.5) is 10.1 Å². The summed E-state index contributed by atoms with van der Waals surface area (Å²) in [6, 6.07) is 10.5. The molecule has 0 unspecified atom stereocenters. The van der Waals surface area contributed by atoms with E-state index in [1.165, 1.54) is 6.07 Å². The molecule has 0 aromatic heterocycles. The number of anilines is 1. The molecule has 10 heteroatoms.